The maximum atomic E-state index is 12.9. The van der Waals surface area contributed by atoms with E-state index in [9.17, 15) is 14.4 Å². The van der Waals surface area contributed by atoms with Crippen molar-refractivity contribution in [3.8, 4) is 0 Å². The van der Waals surface area contributed by atoms with E-state index in [1.807, 2.05) is 6.08 Å². The van der Waals surface area contributed by atoms with E-state index in [0.29, 0.717) is 19.3 Å². The van der Waals surface area contributed by atoms with Crippen molar-refractivity contribution in [3.05, 3.63) is 97.2 Å². The van der Waals surface area contributed by atoms with Crippen LogP contribution in [0.2, 0.25) is 0 Å². The fourth-order valence-electron chi connectivity index (χ4n) is 10.3. The zero-order valence-electron chi connectivity index (χ0n) is 54.9. The maximum Gasteiger partial charge on any atom is 0.306 e. The van der Waals surface area contributed by atoms with Gasteiger partial charge in [0.15, 0.2) is 6.10 Å². The number of carbonyl (C=O) groups is 3. The average Bonchev–Trinajstić information content (AvgIpc) is 3.49. The fraction of sp³-hybridized carbons (Fsp3) is 0.753. The van der Waals surface area contributed by atoms with Crippen LogP contribution in [-0.2, 0) is 28.6 Å². The highest BCUT2D eigenvalue weighted by Gasteiger charge is 2.19. The summed E-state index contributed by atoms with van der Waals surface area (Å²) in [6, 6.07) is 0. The molecular formula is C77H134O6. The van der Waals surface area contributed by atoms with Crippen molar-refractivity contribution in [2.24, 2.45) is 0 Å². The predicted molar refractivity (Wildman–Crippen MR) is 362 cm³/mol. The number of esters is 3. The first-order valence-electron chi connectivity index (χ1n) is 35.7. The third-order valence-corrected chi connectivity index (χ3v) is 15.6. The largest absolute Gasteiger partial charge is 0.462 e. The summed E-state index contributed by atoms with van der Waals surface area (Å²) in [6.07, 6.45) is 96.0. The van der Waals surface area contributed by atoms with Gasteiger partial charge in [-0.25, -0.2) is 0 Å². The molecule has 0 saturated carbocycles. The van der Waals surface area contributed by atoms with Crippen LogP contribution in [-0.4, -0.2) is 37.2 Å². The molecule has 0 amide bonds. The van der Waals surface area contributed by atoms with Gasteiger partial charge in [0.25, 0.3) is 0 Å². The molecule has 0 bridgehead atoms. The Morgan fingerprint density at radius 2 is 0.494 bits per heavy atom. The zero-order chi connectivity index (χ0) is 59.9. The first kappa shape index (κ1) is 79.3. The topological polar surface area (TPSA) is 78.9 Å². The molecule has 1 unspecified atom stereocenters. The van der Waals surface area contributed by atoms with E-state index in [1.54, 1.807) is 0 Å². The SMILES string of the molecule is CC/C=C\C/C=C\C/C=C\C/C=C\C/C=C\C/C=C\CCC(=O)OC(COC(=O)CCCCCCCCCCCCCCCCC)COC(=O)CCCCCCCCCCCCCCCCCCCCC/C=C\C/C=C\CCCCCCC. The first-order chi connectivity index (χ1) is 41.0. The van der Waals surface area contributed by atoms with Crippen LogP contribution >= 0.6 is 0 Å². The van der Waals surface area contributed by atoms with Gasteiger partial charge in [-0.05, 0) is 89.9 Å². The summed E-state index contributed by atoms with van der Waals surface area (Å²) < 4.78 is 16.9. The van der Waals surface area contributed by atoms with Gasteiger partial charge in [-0.3, -0.25) is 14.4 Å². The molecule has 0 aromatic heterocycles. The lowest BCUT2D eigenvalue weighted by Crippen LogP contribution is -2.30. The highest BCUT2D eigenvalue weighted by atomic mass is 16.6. The number of hydrogen-bond donors (Lipinski definition) is 0. The van der Waals surface area contributed by atoms with E-state index in [0.717, 1.165) is 83.5 Å². The van der Waals surface area contributed by atoms with E-state index in [2.05, 4.69) is 112 Å². The molecule has 0 saturated heterocycles. The van der Waals surface area contributed by atoms with Crippen LogP contribution in [0.1, 0.15) is 355 Å². The lowest BCUT2D eigenvalue weighted by atomic mass is 10.0. The van der Waals surface area contributed by atoms with Crippen molar-refractivity contribution >= 4 is 17.9 Å². The second kappa shape index (κ2) is 70.8. The molecule has 0 spiro atoms. The van der Waals surface area contributed by atoms with Gasteiger partial charge in [0, 0.05) is 19.3 Å². The molecular weight excluding hydrogens is 1020 g/mol. The van der Waals surface area contributed by atoms with E-state index in [1.165, 1.54) is 225 Å². The second-order valence-corrected chi connectivity index (χ2v) is 23.8. The van der Waals surface area contributed by atoms with Gasteiger partial charge >= 0.3 is 17.9 Å². The van der Waals surface area contributed by atoms with Crippen molar-refractivity contribution in [1.29, 1.82) is 0 Å². The van der Waals surface area contributed by atoms with Crippen molar-refractivity contribution in [3.63, 3.8) is 0 Å². The number of hydrogen-bond acceptors (Lipinski definition) is 6. The van der Waals surface area contributed by atoms with Crippen molar-refractivity contribution in [1.82, 2.24) is 0 Å². The lowest BCUT2D eigenvalue weighted by molar-refractivity contribution is -0.166. The third-order valence-electron chi connectivity index (χ3n) is 15.6. The second-order valence-electron chi connectivity index (χ2n) is 23.8. The monoisotopic (exact) mass is 1160 g/mol. The summed E-state index contributed by atoms with van der Waals surface area (Å²) in [4.78, 5) is 38.4. The van der Waals surface area contributed by atoms with Gasteiger partial charge in [-0.15, -0.1) is 0 Å². The number of rotatable bonds is 65. The van der Waals surface area contributed by atoms with Gasteiger partial charge < -0.3 is 14.2 Å². The number of ether oxygens (including phenoxy) is 3. The Labute approximate surface area is 515 Å². The van der Waals surface area contributed by atoms with Gasteiger partial charge in [-0.1, -0.05) is 343 Å². The van der Waals surface area contributed by atoms with Crippen molar-refractivity contribution in [2.75, 3.05) is 13.2 Å². The van der Waals surface area contributed by atoms with Gasteiger partial charge in [0.2, 0.25) is 0 Å². The third kappa shape index (κ3) is 69.0. The van der Waals surface area contributed by atoms with Crippen LogP contribution in [0.15, 0.2) is 97.2 Å². The Morgan fingerprint density at radius 1 is 0.253 bits per heavy atom. The molecule has 0 aliphatic heterocycles. The Morgan fingerprint density at radius 3 is 0.783 bits per heavy atom. The standard InChI is InChI=1S/C77H134O6/c1-4-7-10-13-16-19-22-25-28-30-32-33-34-35-36-37-38-39-40-41-42-43-45-46-49-52-55-58-61-64-67-70-76(79)82-73-74(72-81-75(78)69-66-63-60-57-54-51-48-27-24-21-18-15-12-9-6-3)83-77(80)71-68-65-62-59-56-53-50-47-44-31-29-26-23-20-17-14-11-8-5-2/h8,11,17,20,22,25-26,29-30,32,44,47,53,56,62,65,74H,4-7,9-10,12-16,18-19,21,23-24,27-28,31,33-43,45-46,48-52,54-55,57-61,63-64,66-73H2,1-3H3/b11-8-,20-17-,25-22-,29-26-,32-30-,47-44-,56-53-,65-62-. The normalized spacial score (nSPS) is 12.7. The molecule has 0 heterocycles. The van der Waals surface area contributed by atoms with Gasteiger partial charge in [-0.2, -0.15) is 0 Å². The van der Waals surface area contributed by atoms with E-state index >= 15 is 0 Å². The summed E-state index contributed by atoms with van der Waals surface area (Å²) in [6.45, 7) is 6.50. The van der Waals surface area contributed by atoms with Crippen LogP contribution in [0.3, 0.4) is 0 Å². The summed E-state index contributed by atoms with van der Waals surface area (Å²) in [5.41, 5.74) is 0. The molecule has 6 heteroatoms. The minimum atomic E-state index is -0.817. The van der Waals surface area contributed by atoms with Gasteiger partial charge in [0.05, 0.1) is 0 Å². The van der Waals surface area contributed by atoms with Crippen LogP contribution in [0.5, 0.6) is 0 Å². The molecule has 0 aliphatic carbocycles. The molecule has 0 fully saturated rings. The minimum Gasteiger partial charge on any atom is -0.462 e. The smallest absolute Gasteiger partial charge is 0.306 e. The molecule has 83 heavy (non-hydrogen) atoms. The summed E-state index contributed by atoms with van der Waals surface area (Å²) in [7, 11) is 0. The molecule has 478 valence electrons. The molecule has 0 radical (unpaired) electrons. The lowest BCUT2D eigenvalue weighted by Gasteiger charge is -2.18. The quantitative estimate of drug-likeness (QED) is 0.0261. The highest BCUT2D eigenvalue weighted by Crippen LogP contribution is 2.18. The first-order valence-corrected chi connectivity index (χ1v) is 35.7. The molecule has 0 N–H and O–H groups in total. The fourth-order valence-corrected chi connectivity index (χ4v) is 10.3. The molecule has 0 aliphatic rings. The molecule has 1 atom stereocenters. The van der Waals surface area contributed by atoms with Crippen LogP contribution in [0.4, 0.5) is 0 Å². The van der Waals surface area contributed by atoms with Crippen LogP contribution in [0, 0.1) is 0 Å². The summed E-state index contributed by atoms with van der Waals surface area (Å²) in [5.74, 6) is -0.970. The van der Waals surface area contributed by atoms with E-state index in [4.69, 9.17) is 14.2 Å². The average molecular weight is 1160 g/mol. The van der Waals surface area contributed by atoms with E-state index < -0.39 is 6.10 Å². The molecule has 0 aromatic carbocycles. The Kier molecular flexibility index (Phi) is 67.7. The van der Waals surface area contributed by atoms with Crippen molar-refractivity contribution in [2.45, 2.75) is 361 Å². The highest BCUT2D eigenvalue weighted by molar-refractivity contribution is 5.71. The maximum absolute atomic E-state index is 12.9. The Balaban J connectivity index is 4.29. The molecule has 0 aromatic rings. The Bertz CT molecular complexity index is 1610. The van der Waals surface area contributed by atoms with E-state index in [-0.39, 0.29) is 37.5 Å². The Hall–Kier alpha value is -3.67. The molecule has 6 nitrogen and oxygen atoms in total. The molecule has 0 rings (SSSR count). The number of carbonyl (C=O) groups excluding carboxylic acids is 3. The number of unbranched alkanes of at least 4 members (excludes halogenated alkanes) is 38. The number of allylic oxidation sites excluding steroid dienone is 16. The van der Waals surface area contributed by atoms with Crippen LogP contribution in [0.25, 0.3) is 0 Å². The van der Waals surface area contributed by atoms with Crippen LogP contribution < -0.4 is 0 Å². The summed E-state index contributed by atoms with van der Waals surface area (Å²) in [5, 5.41) is 0. The predicted octanol–water partition coefficient (Wildman–Crippen LogP) is 24.8. The zero-order valence-corrected chi connectivity index (χ0v) is 54.9. The minimum absolute atomic E-state index is 0.103. The van der Waals surface area contributed by atoms with Crippen molar-refractivity contribution < 1.29 is 28.6 Å². The van der Waals surface area contributed by atoms with Gasteiger partial charge in [0.1, 0.15) is 13.2 Å². The summed E-state index contributed by atoms with van der Waals surface area (Å²) >= 11 is 0.